The van der Waals surface area contributed by atoms with Crippen LogP contribution in [-0.2, 0) is 11.2 Å². The van der Waals surface area contributed by atoms with Crippen molar-refractivity contribution in [2.45, 2.75) is 46.5 Å². The van der Waals surface area contributed by atoms with E-state index in [0.29, 0.717) is 11.7 Å². The van der Waals surface area contributed by atoms with E-state index in [1.165, 1.54) is 11.1 Å². The largest absolute Gasteiger partial charge is 0.299 e. The van der Waals surface area contributed by atoms with Gasteiger partial charge in [0.25, 0.3) is 0 Å². The Bertz CT molecular complexity index is 419. The van der Waals surface area contributed by atoms with Gasteiger partial charge >= 0.3 is 0 Å². The van der Waals surface area contributed by atoms with E-state index in [1.807, 2.05) is 0 Å². The van der Waals surface area contributed by atoms with Crippen LogP contribution in [-0.4, -0.2) is 5.78 Å². The fourth-order valence-corrected chi connectivity index (χ4v) is 3.07. The lowest BCUT2D eigenvalue weighted by atomic mass is 9.73. The van der Waals surface area contributed by atoms with Gasteiger partial charge in [0, 0.05) is 12.3 Å². The van der Waals surface area contributed by atoms with E-state index >= 15 is 0 Å². The summed E-state index contributed by atoms with van der Waals surface area (Å²) < 4.78 is 0. The summed E-state index contributed by atoms with van der Waals surface area (Å²) in [6, 6.07) is 8.58. The summed E-state index contributed by atoms with van der Waals surface area (Å²) in [4.78, 5) is 12.1. The van der Waals surface area contributed by atoms with Gasteiger partial charge in [0.05, 0.1) is 0 Å². The molecular weight excluding hydrogens is 220 g/mol. The minimum atomic E-state index is 0.257. The number of benzene rings is 1. The molecule has 1 aromatic carbocycles. The molecule has 0 spiro atoms. The molecule has 0 bridgehead atoms. The van der Waals surface area contributed by atoms with Crippen molar-refractivity contribution in [2.75, 3.05) is 0 Å². The molecular formula is C17H24O. The second-order valence-corrected chi connectivity index (χ2v) is 6.13. The number of hydrogen-bond donors (Lipinski definition) is 0. The monoisotopic (exact) mass is 244 g/mol. The Balaban J connectivity index is 2.05. The lowest BCUT2D eigenvalue weighted by Crippen LogP contribution is -2.28. The van der Waals surface area contributed by atoms with Crippen molar-refractivity contribution < 1.29 is 4.79 Å². The molecule has 0 N–H and O–H groups in total. The highest BCUT2D eigenvalue weighted by Gasteiger charge is 2.30. The third-order valence-electron chi connectivity index (χ3n) is 4.31. The Morgan fingerprint density at radius 2 is 2.11 bits per heavy atom. The number of aryl methyl sites for hydroxylation is 1. The van der Waals surface area contributed by atoms with Gasteiger partial charge in [-0.15, -0.1) is 0 Å². The molecule has 0 radical (unpaired) electrons. The van der Waals surface area contributed by atoms with E-state index in [1.54, 1.807) is 0 Å². The van der Waals surface area contributed by atoms with Gasteiger partial charge in [-0.1, -0.05) is 43.7 Å². The number of Topliss-reactive ketones (excluding diaryl/α,β-unsaturated/α-hetero) is 1. The Morgan fingerprint density at radius 1 is 1.33 bits per heavy atom. The number of ketones is 1. The van der Waals surface area contributed by atoms with Gasteiger partial charge in [-0.3, -0.25) is 4.79 Å². The SMILES string of the molecule is Cc1cccc(CC2CC(C(C)C)CCC2=O)c1. The first-order valence-corrected chi connectivity index (χ1v) is 7.14. The molecule has 2 unspecified atom stereocenters. The third kappa shape index (κ3) is 3.22. The maximum Gasteiger partial charge on any atom is 0.136 e. The van der Waals surface area contributed by atoms with Crippen LogP contribution in [0.15, 0.2) is 24.3 Å². The van der Waals surface area contributed by atoms with Crippen molar-refractivity contribution in [2.24, 2.45) is 17.8 Å². The lowest BCUT2D eigenvalue weighted by molar-refractivity contribution is -0.125. The molecule has 0 aromatic heterocycles. The van der Waals surface area contributed by atoms with Crippen molar-refractivity contribution in [1.29, 1.82) is 0 Å². The van der Waals surface area contributed by atoms with Crippen molar-refractivity contribution in [3.8, 4) is 0 Å². The fraction of sp³-hybridized carbons (Fsp3) is 0.588. The Kier molecular flexibility index (Phi) is 4.21. The topological polar surface area (TPSA) is 17.1 Å². The predicted molar refractivity (Wildman–Crippen MR) is 75.6 cm³/mol. The van der Waals surface area contributed by atoms with Crippen molar-refractivity contribution in [3.05, 3.63) is 35.4 Å². The zero-order valence-corrected chi connectivity index (χ0v) is 11.8. The molecule has 98 valence electrons. The number of rotatable bonds is 3. The Morgan fingerprint density at radius 3 is 2.78 bits per heavy atom. The number of carbonyl (C=O) groups excluding carboxylic acids is 1. The summed E-state index contributed by atoms with van der Waals surface area (Å²) in [5, 5.41) is 0. The van der Waals surface area contributed by atoms with Crippen LogP contribution in [0.5, 0.6) is 0 Å². The van der Waals surface area contributed by atoms with Crippen LogP contribution in [0.3, 0.4) is 0 Å². The van der Waals surface area contributed by atoms with Crippen molar-refractivity contribution in [3.63, 3.8) is 0 Å². The van der Waals surface area contributed by atoms with Gasteiger partial charge in [-0.25, -0.2) is 0 Å². The third-order valence-corrected chi connectivity index (χ3v) is 4.31. The molecule has 1 saturated carbocycles. The number of carbonyl (C=O) groups is 1. The summed E-state index contributed by atoms with van der Waals surface area (Å²) in [7, 11) is 0. The summed E-state index contributed by atoms with van der Waals surface area (Å²) in [5.74, 6) is 2.18. The zero-order chi connectivity index (χ0) is 13.1. The fourth-order valence-electron chi connectivity index (χ4n) is 3.07. The second kappa shape index (κ2) is 5.69. The van der Waals surface area contributed by atoms with Crippen LogP contribution in [0.2, 0.25) is 0 Å². The van der Waals surface area contributed by atoms with Crippen molar-refractivity contribution >= 4 is 5.78 Å². The highest BCUT2D eigenvalue weighted by Crippen LogP contribution is 2.33. The van der Waals surface area contributed by atoms with E-state index < -0.39 is 0 Å². The van der Waals surface area contributed by atoms with E-state index in [2.05, 4.69) is 45.0 Å². The Hall–Kier alpha value is -1.11. The van der Waals surface area contributed by atoms with Gasteiger partial charge in [0.15, 0.2) is 0 Å². The molecule has 0 heterocycles. The van der Waals surface area contributed by atoms with Gasteiger partial charge in [0.1, 0.15) is 5.78 Å². The summed E-state index contributed by atoms with van der Waals surface area (Å²) >= 11 is 0. The average Bonchev–Trinajstić information content (AvgIpc) is 2.31. The van der Waals surface area contributed by atoms with Crippen LogP contribution in [0.4, 0.5) is 0 Å². The maximum atomic E-state index is 12.1. The quantitative estimate of drug-likeness (QED) is 0.779. The van der Waals surface area contributed by atoms with E-state index in [4.69, 9.17) is 0 Å². The van der Waals surface area contributed by atoms with E-state index in [0.717, 1.165) is 31.6 Å². The lowest BCUT2D eigenvalue weighted by Gasteiger charge is -2.30. The molecule has 1 aromatic rings. The molecule has 1 heteroatoms. The standard InChI is InChI=1S/C17H24O/c1-12(2)15-7-8-17(18)16(11-15)10-14-6-4-5-13(3)9-14/h4-6,9,12,15-16H,7-8,10-11H2,1-3H3. The summed E-state index contributed by atoms with van der Waals surface area (Å²) in [6.45, 7) is 6.68. The van der Waals surface area contributed by atoms with Gasteiger partial charge < -0.3 is 0 Å². The van der Waals surface area contributed by atoms with Crippen LogP contribution >= 0.6 is 0 Å². The van der Waals surface area contributed by atoms with Crippen LogP contribution in [0, 0.1) is 24.7 Å². The van der Waals surface area contributed by atoms with Crippen molar-refractivity contribution in [1.82, 2.24) is 0 Å². The maximum absolute atomic E-state index is 12.1. The molecule has 1 nitrogen and oxygen atoms in total. The first-order valence-electron chi connectivity index (χ1n) is 7.14. The molecule has 1 aliphatic carbocycles. The molecule has 1 aliphatic rings. The molecule has 0 aliphatic heterocycles. The molecule has 0 amide bonds. The van der Waals surface area contributed by atoms with E-state index in [-0.39, 0.29) is 5.92 Å². The summed E-state index contributed by atoms with van der Waals surface area (Å²) in [6.07, 6.45) is 3.91. The van der Waals surface area contributed by atoms with Crippen LogP contribution in [0.25, 0.3) is 0 Å². The molecule has 1 fully saturated rings. The molecule has 2 rings (SSSR count). The number of hydrogen-bond acceptors (Lipinski definition) is 1. The van der Waals surface area contributed by atoms with Crippen LogP contribution in [0.1, 0.15) is 44.2 Å². The normalized spacial score (nSPS) is 24.6. The van der Waals surface area contributed by atoms with Gasteiger partial charge in [0.2, 0.25) is 0 Å². The molecule has 18 heavy (non-hydrogen) atoms. The predicted octanol–water partition coefficient (Wildman–Crippen LogP) is 4.18. The van der Waals surface area contributed by atoms with E-state index in [9.17, 15) is 4.79 Å². The minimum Gasteiger partial charge on any atom is -0.299 e. The smallest absolute Gasteiger partial charge is 0.136 e. The highest BCUT2D eigenvalue weighted by atomic mass is 16.1. The first kappa shape index (κ1) is 13.3. The minimum absolute atomic E-state index is 0.257. The highest BCUT2D eigenvalue weighted by molar-refractivity contribution is 5.82. The average molecular weight is 244 g/mol. The van der Waals surface area contributed by atoms with Gasteiger partial charge in [-0.05, 0) is 43.6 Å². The Labute approximate surface area is 111 Å². The first-order chi connectivity index (χ1) is 8.56. The zero-order valence-electron chi connectivity index (χ0n) is 11.8. The van der Waals surface area contributed by atoms with Crippen LogP contribution < -0.4 is 0 Å². The summed E-state index contributed by atoms with van der Waals surface area (Å²) in [5.41, 5.74) is 2.61. The second-order valence-electron chi connectivity index (χ2n) is 6.13. The van der Waals surface area contributed by atoms with Gasteiger partial charge in [-0.2, -0.15) is 0 Å². The molecule has 2 atom stereocenters. The molecule has 0 saturated heterocycles.